The third kappa shape index (κ3) is 3.93. The molecule has 5 nitrogen and oxygen atoms in total. The Balaban J connectivity index is 0.00000225. The number of aromatic nitrogens is 2. The predicted octanol–water partition coefficient (Wildman–Crippen LogP) is 4.03. The molecule has 2 heterocycles. The van der Waals surface area contributed by atoms with Gasteiger partial charge in [0.2, 0.25) is 0 Å². The Labute approximate surface area is 177 Å². The quantitative estimate of drug-likeness (QED) is 0.759. The van der Waals surface area contributed by atoms with Crippen LogP contribution in [0.2, 0.25) is 5.02 Å². The Morgan fingerprint density at radius 3 is 2.61 bits per heavy atom. The third-order valence-corrected chi connectivity index (χ3v) is 6.21. The van der Waals surface area contributed by atoms with E-state index < -0.39 is 0 Å². The largest absolute Gasteiger partial charge is 0.334 e. The van der Waals surface area contributed by atoms with Crippen LogP contribution in [0.25, 0.3) is 5.69 Å². The molecule has 1 amide bonds. The van der Waals surface area contributed by atoms with Gasteiger partial charge < -0.3 is 10.6 Å². The van der Waals surface area contributed by atoms with Gasteiger partial charge in [-0.1, -0.05) is 18.0 Å². The molecule has 1 aromatic heterocycles. The van der Waals surface area contributed by atoms with Crippen molar-refractivity contribution in [2.45, 2.75) is 51.5 Å². The van der Waals surface area contributed by atoms with Gasteiger partial charge in [-0.15, -0.1) is 12.4 Å². The number of nitrogens with zero attached hydrogens (tertiary/aromatic N) is 3. The van der Waals surface area contributed by atoms with Gasteiger partial charge in [0.1, 0.15) is 0 Å². The van der Waals surface area contributed by atoms with Crippen LogP contribution in [-0.2, 0) is 12.8 Å². The summed E-state index contributed by atoms with van der Waals surface area (Å²) in [4.78, 5) is 15.4. The van der Waals surface area contributed by atoms with Crippen molar-refractivity contribution in [1.82, 2.24) is 14.7 Å². The van der Waals surface area contributed by atoms with Crippen LogP contribution in [0.1, 0.15) is 54.4 Å². The highest BCUT2D eigenvalue weighted by Crippen LogP contribution is 2.30. The topological polar surface area (TPSA) is 64.2 Å². The molecule has 28 heavy (non-hydrogen) atoms. The van der Waals surface area contributed by atoms with E-state index in [1.165, 1.54) is 12.1 Å². The van der Waals surface area contributed by atoms with E-state index in [0.717, 1.165) is 49.9 Å². The van der Waals surface area contributed by atoms with E-state index in [-0.39, 0.29) is 24.4 Å². The monoisotopic (exact) mass is 422 g/mol. The Hall–Kier alpha value is -1.56. The van der Waals surface area contributed by atoms with Gasteiger partial charge >= 0.3 is 0 Å². The van der Waals surface area contributed by atoms with E-state index in [0.29, 0.717) is 23.2 Å². The molecule has 2 N–H and O–H groups in total. The lowest BCUT2D eigenvalue weighted by molar-refractivity contribution is 0.0736. The standard InChI is InChI=1S/C21H27ClN4O.ClH/c1-14-11-15(12-23)13-25(14)21(27)20-18-5-3-2-4-6-19(18)26(24-20)17-9-7-16(22)8-10-17;/h7-10,14-15H,2-6,11-13,23H2,1H3;1H. The van der Waals surface area contributed by atoms with E-state index in [2.05, 4.69) is 6.92 Å². The van der Waals surface area contributed by atoms with E-state index in [1.54, 1.807) is 0 Å². The van der Waals surface area contributed by atoms with Crippen molar-refractivity contribution >= 4 is 29.9 Å². The highest BCUT2D eigenvalue weighted by Gasteiger charge is 2.35. The van der Waals surface area contributed by atoms with E-state index >= 15 is 0 Å². The normalized spacial score (nSPS) is 21.8. The summed E-state index contributed by atoms with van der Waals surface area (Å²) in [6.45, 7) is 3.48. The first-order valence-corrected chi connectivity index (χ1v) is 10.3. The van der Waals surface area contributed by atoms with E-state index in [1.807, 2.05) is 33.8 Å². The van der Waals surface area contributed by atoms with Crippen LogP contribution in [0.5, 0.6) is 0 Å². The van der Waals surface area contributed by atoms with E-state index in [4.69, 9.17) is 22.4 Å². The molecular weight excluding hydrogens is 395 g/mol. The first-order chi connectivity index (χ1) is 13.1. The van der Waals surface area contributed by atoms with Gasteiger partial charge in [0.25, 0.3) is 5.91 Å². The number of amides is 1. The summed E-state index contributed by atoms with van der Waals surface area (Å²) in [6.07, 6.45) is 6.29. The summed E-state index contributed by atoms with van der Waals surface area (Å²) < 4.78 is 1.96. The van der Waals surface area contributed by atoms with Crippen molar-refractivity contribution in [3.8, 4) is 5.69 Å². The highest BCUT2D eigenvalue weighted by atomic mass is 35.5. The number of likely N-dealkylation sites (tertiary alicyclic amines) is 1. The molecule has 2 unspecified atom stereocenters. The summed E-state index contributed by atoms with van der Waals surface area (Å²) in [5.74, 6) is 0.449. The Bertz CT molecular complexity index is 834. The lowest BCUT2D eigenvalue weighted by Gasteiger charge is -2.21. The van der Waals surface area contributed by atoms with Crippen molar-refractivity contribution in [3.63, 3.8) is 0 Å². The fraction of sp³-hybridized carbons (Fsp3) is 0.524. The zero-order chi connectivity index (χ0) is 19.0. The number of carbonyl (C=O) groups is 1. The number of hydrogen-bond donors (Lipinski definition) is 1. The minimum Gasteiger partial charge on any atom is -0.334 e. The molecule has 1 aliphatic carbocycles. The number of hydrogen-bond acceptors (Lipinski definition) is 3. The molecule has 152 valence electrons. The minimum atomic E-state index is 0. The second-order valence-corrected chi connectivity index (χ2v) is 8.30. The van der Waals surface area contributed by atoms with Gasteiger partial charge in [-0.3, -0.25) is 4.79 Å². The molecule has 4 rings (SSSR count). The zero-order valence-electron chi connectivity index (χ0n) is 16.2. The van der Waals surface area contributed by atoms with Gasteiger partial charge in [-0.25, -0.2) is 4.68 Å². The summed E-state index contributed by atoms with van der Waals surface area (Å²) in [5, 5.41) is 5.52. The summed E-state index contributed by atoms with van der Waals surface area (Å²) in [7, 11) is 0. The average Bonchev–Trinajstić information content (AvgIpc) is 3.13. The maximum Gasteiger partial charge on any atom is 0.274 e. The fourth-order valence-electron chi connectivity index (χ4n) is 4.48. The van der Waals surface area contributed by atoms with Gasteiger partial charge in [0, 0.05) is 28.9 Å². The Kier molecular flexibility index (Phi) is 6.69. The number of benzene rings is 1. The second kappa shape index (κ2) is 8.85. The minimum absolute atomic E-state index is 0. The first-order valence-electron chi connectivity index (χ1n) is 9.96. The number of rotatable bonds is 3. The number of fused-ring (bicyclic) bond motifs is 1. The second-order valence-electron chi connectivity index (χ2n) is 7.87. The smallest absolute Gasteiger partial charge is 0.274 e. The van der Waals surface area contributed by atoms with Crippen LogP contribution < -0.4 is 5.73 Å². The zero-order valence-corrected chi connectivity index (χ0v) is 17.8. The predicted molar refractivity (Wildman–Crippen MR) is 115 cm³/mol. The maximum absolute atomic E-state index is 13.4. The molecular formula is C21H28Cl2N4O. The molecule has 2 aliphatic rings. The summed E-state index contributed by atoms with van der Waals surface area (Å²) >= 11 is 6.05. The molecule has 0 spiro atoms. The number of halogens is 2. The van der Waals surface area contributed by atoms with Crippen LogP contribution in [0.15, 0.2) is 24.3 Å². The van der Waals surface area contributed by atoms with Crippen molar-refractivity contribution < 1.29 is 4.79 Å². The molecule has 0 bridgehead atoms. The van der Waals surface area contributed by atoms with Crippen LogP contribution in [0.3, 0.4) is 0 Å². The lowest BCUT2D eigenvalue weighted by atomic mass is 10.1. The van der Waals surface area contributed by atoms with Crippen molar-refractivity contribution in [2.24, 2.45) is 11.7 Å². The van der Waals surface area contributed by atoms with Gasteiger partial charge in [0.05, 0.1) is 5.69 Å². The van der Waals surface area contributed by atoms with Crippen LogP contribution in [0.4, 0.5) is 0 Å². The summed E-state index contributed by atoms with van der Waals surface area (Å²) in [6, 6.07) is 7.90. The van der Waals surface area contributed by atoms with Crippen molar-refractivity contribution in [3.05, 3.63) is 46.2 Å². The molecule has 1 aromatic carbocycles. The van der Waals surface area contributed by atoms with Crippen LogP contribution >= 0.6 is 24.0 Å². The molecule has 1 fully saturated rings. The average molecular weight is 423 g/mol. The highest BCUT2D eigenvalue weighted by molar-refractivity contribution is 6.30. The van der Waals surface area contributed by atoms with Crippen LogP contribution in [-0.4, -0.2) is 39.7 Å². The molecule has 2 aromatic rings. The summed E-state index contributed by atoms with van der Waals surface area (Å²) in [5.41, 5.74) is 9.76. The van der Waals surface area contributed by atoms with Crippen molar-refractivity contribution in [1.29, 1.82) is 0 Å². The molecule has 1 saturated heterocycles. The number of carbonyl (C=O) groups excluding carboxylic acids is 1. The maximum atomic E-state index is 13.4. The molecule has 7 heteroatoms. The molecule has 0 saturated carbocycles. The fourth-order valence-corrected chi connectivity index (χ4v) is 4.60. The van der Waals surface area contributed by atoms with Gasteiger partial charge in [-0.2, -0.15) is 5.10 Å². The molecule has 0 radical (unpaired) electrons. The Morgan fingerprint density at radius 1 is 1.21 bits per heavy atom. The van der Waals surface area contributed by atoms with Crippen LogP contribution in [0, 0.1) is 5.92 Å². The Morgan fingerprint density at radius 2 is 1.93 bits per heavy atom. The van der Waals surface area contributed by atoms with Gasteiger partial charge in [-0.05, 0) is 75.8 Å². The van der Waals surface area contributed by atoms with Crippen molar-refractivity contribution in [2.75, 3.05) is 13.1 Å². The van der Waals surface area contributed by atoms with Gasteiger partial charge in [0.15, 0.2) is 5.69 Å². The number of nitrogens with two attached hydrogens (primary N) is 1. The lowest BCUT2D eigenvalue weighted by Crippen LogP contribution is -2.35. The van der Waals surface area contributed by atoms with E-state index in [9.17, 15) is 4.79 Å². The first kappa shape index (κ1) is 21.2. The molecule has 1 aliphatic heterocycles. The third-order valence-electron chi connectivity index (χ3n) is 5.96. The SMILES string of the molecule is CC1CC(CN)CN1C(=O)c1nn(-c2ccc(Cl)cc2)c2c1CCCCC2.Cl. The molecule has 2 atom stereocenters.